The number of ketones is 2. The van der Waals surface area contributed by atoms with Crippen LogP contribution in [-0.4, -0.2) is 235 Å². The van der Waals surface area contributed by atoms with Gasteiger partial charge >= 0.3 is 5.97 Å². The van der Waals surface area contributed by atoms with Crippen LogP contribution in [0.5, 0.6) is 17.2 Å². The highest BCUT2D eigenvalue weighted by molar-refractivity contribution is 14.1. The fraction of sp³-hybridized carbons (Fsp3) is 0.714. The van der Waals surface area contributed by atoms with E-state index in [0.717, 1.165) is 11.8 Å². The smallest absolute Gasteiger partial charge is 0.319 e. The van der Waals surface area contributed by atoms with Crippen molar-refractivity contribution < 1.29 is 106 Å². The zero-order chi connectivity index (χ0) is 66.6. The first-order chi connectivity index (χ1) is 43.2. The molecule has 3 unspecified atom stereocenters. The summed E-state index contributed by atoms with van der Waals surface area (Å²) in [5.41, 5.74) is 1.29. The lowest BCUT2D eigenvalue weighted by molar-refractivity contribution is -0.344. The lowest BCUT2D eigenvalue weighted by Crippen LogP contribution is -2.69. The Balaban J connectivity index is 1.04. The highest BCUT2D eigenvalue weighted by atomic mass is 127. The van der Waals surface area contributed by atoms with Gasteiger partial charge in [-0.2, -0.15) is 5.48 Å². The summed E-state index contributed by atoms with van der Waals surface area (Å²) in [6.45, 7) is 16.4. The monoisotopic (exact) mass is 1450 g/mol. The number of rotatable bonds is 25. The lowest BCUT2D eigenvalue weighted by atomic mass is 9.44. The molecule has 0 aromatic heterocycles. The van der Waals surface area contributed by atoms with Crippen molar-refractivity contribution in [3.63, 3.8) is 0 Å². The van der Waals surface area contributed by atoms with Crippen LogP contribution in [0.2, 0.25) is 0 Å². The van der Waals surface area contributed by atoms with Crippen LogP contribution < -0.4 is 19.7 Å². The maximum absolute atomic E-state index is 14.5. The van der Waals surface area contributed by atoms with Crippen molar-refractivity contribution in [1.82, 2.24) is 10.4 Å². The first-order valence-corrected chi connectivity index (χ1v) is 34.7. The molecule has 4 saturated heterocycles. The van der Waals surface area contributed by atoms with Gasteiger partial charge < -0.3 is 87.2 Å². The molecule has 6 fully saturated rings. The minimum atomic E-state index is -1.76. The molecule has 1 aromatic rings. The Morgan fingerprint density at radius 2 is 1.62 bits per heavy atom. The number of carbonyl (C=O) groups is 4. The van der Waals surface area contributed by atoms with Crippen molar-refractivity contribution in [2.75, 3.05) is 61.0 Å². The minimum Gasteiger partial charge on any atom is -0.492 e. The van der Waals surface area contributed by atoms with E-state index in [1.807, 2.05) is 40.5 Å². The Bertz CT molecular complexity index is 2980. The number of methoxy groups -OCH3 is 5. The predicted octanol–water partition coefficient (Wildman–Crippen LogP) is 4.20. The quantitative estimate of drug-likeness (QED) is 0.0152. The number of thioether (sulfide) groups is 1. The first kappa shape index (κ1) is 73.6. The van der Waals surface area contributed by atoms with Gasteiger partial charge in [0.2, 0.25) is 17.2 Å². The van der Waals surface area contributed by atoms with E-state index in [1.54, 1.807) is 69.4 Å². The molecule has 8 rings (SSSR count). The van der Waals surface area contributed by atoms with E-state index in [4.69, 9.17) is 61.7 Å². The molecule has 24 nitrogen and oxygen atoms in total. The maximum Gasteiger partial charge on any atom is 0.319 e. The molecule has 6 N–H and O–H groups in total. The van der Waals surface area contributed by atoms with Crippen molar-refractivity contribution in [3.8, 4) is 40.9 Å². The third-order valence-corrected chi connectivity index (χ3v) is 23.4. The molecular formula is C63H87IN2O22S3. The highest BCUT2D eigenvalue weighted by Gasteiger charge is 2.78. The molecular weight excluding hydrogens is 1360 g/mol. The second-order valence-electron chi connectivity index (χ2n) is 24.0. The summed E-state index contributed by atoms with van der Waals surface area (Å²) in [6, 6.07) is -1.48. The van der Waals surface area contributed by atoms with Crippen LogP contribution in [0.3, 0.4) is 0 Å². The average Bonchev–Trinajstić information content (AvgIpc) is 1.56. The lowest BCUT2D eigenvalue weighted by Gasteiger charge is -2.60. The largest absolute Gasteiger partial charge is 0.492 e. The zero-order valence-electron chi connectivity index (χ0n) is 53.7. The van der Waals surface area contributed by atoms with Gasteiger partial charge in [-0.1, -0.05) is 83.9 Å². The van der Waals surface area contributed by atoms with E-state index in [2.05, 4.69) is 43.0 Å². The van der Waals surface area contributed by atoms with Crippen molar-refractivity contribution in [1.29, 1.82) is 0 Å². The maximum atomic E-state index is 14.5. The minimum absolute atomic E-state index is 0.0190. The topological polar surface area (TPSA) is 305 Å². The predicted molar refractivity (Wildman–Crippen MR) is 344 cm³/mol. The van der Waals surface area contributed by atoms with E-state index in [0.29, 0.717) is 37.8 Å². The Hall–Kier alpha value is -3.16. The molecule has 0 amide bonds. The average molecular weight is 1450 g/mol. The molecule has 4 heterocycles. The van der Waals surface area contributed by atoms with Gasteiger partial charge in [-0.05, 0) is 87.9 Å². The van der Waals surface area contributed by atoms with Crippen LogP contribution in [0.25, 0.3) is 0 Å². The van der Waals surface area contributed by atoms with Gasteiger partial charge in [0.15, 0.2) is 30.4 Å². The van der Waals surface area contributed by atoms with Crippen LogP contribution in [0.4, 0.5) is 0 Å². The number of aliphatic hydroxyl groups is 5. The number of allylic oxidation sites excluding steroid dienone is 2. The van der Waals surface area contributed by atoms with Crippen LogP contribution in [0.15, 0.2) is 23.3 Å². The van der Waals surface area contributed by atoms with Crippen LogP contribution in [-0.2, 0) is 61.9 Å². The molecule has 7 aliphatic rings. The number of hydroxylamine groups is 1. The van der Waals surface area contributed by atoms with E-state index >= 15 is 0 Å². The number of Topliss-reactive ketones (excluding diaryl/α,β-unsaturated/α-hetero) is 2. The number of halogens is 1. The number of benzene rings is 1. The molecule has 2 saturated carbocycles. The standard InChI is InChI=1S/C63H87IN2O22S3/c1-15-66(27-43(70)77-11)38-28-81-44(25-42(38)76-10)86-56-51(72)49(33(7)83-61(56)85-41-18-16-17-30(4)19-21-62-37(23-31(5)67)40(69)26-63(62,75)36(47(41)62)20-22-89-91-29(2)3)65-88-45-24-39(68)58(35(9)82-45)90-59(74)46-32(6)48(64)54(57(80-14)53(46)78-12)87-60-52(73)55(79-13)50(71)34(8)84-60/h17,20,29,33-35,37-39,41-42,44-45,47,49-52,55-56,58,60-61,65,68,71-73,75H,15,22-28H2,1-14H3/b30-17-,36-20+/t33-,34+,35-,37?,38+,39+,41+,42+,44+,45+,47?,49-,50+,51+,52-,55-,56-,58-,60+,61+,62?,63+/m1/s1. The highest BCUT2D eigenvalue weighted by Crippen LogP contribution is 2.70. The Morgan fingerprint density at radius 1 is 0.901 bits per heavy atom. The molecule has 1 spiro atoms. The number of nitrogens with one attached hydrogen (secondary N) is 1. The number of likely N-dealkylation sites (N-methyl/N-ethyl adjacent to an activating group) is 1. The van der Waals surface area contributed by atoms with Gasteiger partial charge in [0.1, 0.15) is 53.8 Å². The van der Waals surface area contributed by atoms with E-state index in [-0.39, 0.29) is 73.2 Å². The van der Waals surface area contributed by atoms with Gasteiger partial charge in [0.25, 0.3) is 0 Å². The van der Waals surface area contributed by atoms with Gasteiger partial charge in [-0.3, -0.25) is 24.1 Å². The summed E-state index contributed by atoms with van der Waals surface area (Å²) in [5, 5.41) is 58.1. The van der Waals surface area contributed by atoms with Crippen LogP contribution in [0.1, 0.15) is 97.0 Å². The van der Waals surface area contributed by atoms with Crippen molar-refractivity contribution in [3.05, 3.63) is 38.0 Å². The molecule has 4 aliphatic heterocycles. The molecule has 0 radical (unpaired) electrons. The van der Waals surface area contributed by atoms with Crippen molar-refractivity contribution in [2.24, 2.45) is 17.3 Å². The number of hydrogen-bond acceptors (Lipinski definition) is 27. The third-order valence-electron chi connectivity index (χ3n) is 17.9. The number of nitrogens with zero attached hydrogens (tertiary/aromatic N) is 1. The fourth-order valence-electron chi connectivity index (χ4n) is 13.3. The Labute approximate surface area is 557 Å². The summed E-state index contributed by atoms with van der Waals surface area (Å²) in [5.74, 6) is 10.6. The molecule has 91 heavy (non-hydrogen) atoms. The van der Waals surface area contributed by atoms with Crippen LogP contribution >= 0.6 is 55.9 Å². The van der Waals surface area contributed by atoms with Gasteiger partial charge in [0.05, 0.1) is 96.9 Å². The Morgan fingerprint density at radius 3 is 2.25 bits per heavy atom. The van der Waals surface area contributed by atoms with Gasteiger partial charge in [0, 0.05) is 68.3 Å². The summed E-state index contributed by atoms with van der Waals surface area (Å²) in [4.78, 5) is 62.3. The number of esters is 1. The molecule has 3 aliphatic carbocycles. The van der Waals surface area contributed by atoms with Crippen LogP contribution in [0, 0.1) is 51.4 Å². The SMILES string of the molecule is CCN(CC(=O)OC)[C@H]1CO[C@@H](O[C@H]2[C@H](O[C@H]3C#C/C=C(/C)C#CC45C(CC(C)=O)C(=O)C[C@]4(O)/C(=C/CSSC(C)C)C35)O[C@H](C)[C@@H](NO[C@H]3C[C@H](O)[C@H](SC(=O)c4c(C)c(I)c(O[C@@H]5O[C@@H](C)[C@H](O)[C@@H](OC)[C@H]5O)c(OC)c4OC)[C@@H](C)O3)[C@@H]2O)C[C@@H]1OC. The summed E-state index contributed by atoms with van der Waals surface area (Å²) < 4.78 is 73.7. The molecule has 22 atom stereocenters. The number of ether oxygens (including phenoxy) is 12. The van der Waals surface area contributed by atoms with E-state index in [9.17, 15) is 44.7 Å². The zero-order valence-corrected chi connectivity index (χ0v) is 58.3. The summed E-state index contributed by atoms with van der Waals surface area (Å²) in [6.07, 6.45) is -13.8. The van der Waals surface area contributed by atoms with Gasteiger partial charge in [-0.15, -0.1) is 0 Å². The van der Waals surface area contributed by atoms with Crippen molar-refractivity contribution >= 4 is 78.6 Å². The number of hydrogen-bond donors (Lipinski definition) is 6. The first-order valence-electron chi connectivity index (χ1n) is 30.4. The fourth-order valence-corrected chi connectivity index (χ4v) is 16.9. The number of carbonyl (C=O) groups excluding carboxylic acids is 4. The molecule has 1 aromatic carbocycles. The van der Waals surface area contributed by atoms with E-state index in [1.165, 1.54) is 35.4 Å². The molecule has 28 heteroatoms. The Kier molecular flexibility index (Phi) is 25.7. The second kappa shape index (κ2) is 31.8. The molecule has 506 valence electrons. The summed E-state index contributed by atoms with van der Waals surface area (Å²) >= 11 is 2.83. The van der Waals surface area contributed by atoms with E-state index < -0.39 is 144 Å². The second-order valence-corrected chi connectivity index (χ2v) is 29.2. The third kappa shape index (κ3) is 15.3. The van der Waals surface area contributed by atoms with Crippen molar-refractivity contribution in [2.45, 2.75) is 208 Å². The number of aliphatic hydroxyl groups excluding tert-OH is 4. The normalized spacial score (nSPS) is 38.1. The molecule has 0 bridgehead atoms. The van der Waals surface area contributed by atoms with Gasteiger partial charge in [-0.25, -0.2) is 0 Å². The summed E-state index contributed by atoms with van der Waals surface area (Å²) in [7, 11) is 10.2.